The maximum Gasteiger partial charge on any atom is 0.240 e. The summed E-state index contributed by atoms with van der Waals surface area (Å²) in [5.41, 5.74) is -1.47. The fourth-order valence-corrected chi connectivity index (χ4v) is 6.39. The zero-order valence-electron chi connectivity index (χ0n) is 18.9. The van der Waals surface area contributed by atoms with Gasteiger partial charge in [0.1, 0.15) is 22.8 Å². The highest BCUT2D eigenvalue weighted by Crippen LogP contribution is 2.49. The van der Waals surface area contributed by atoms with Crippen LogP contribution in [-0.4, -0.2) is 35.1 Å². The molecule has 0 heterocycles. The van der Waals surface area contributed by atoms with E-state index in [0.29, 0.717) is 11.8 Å². The number of amides is 1. The zero-order chi connectivity index (χ0) is 23.0. The number of nitrogens with one attached hydrogen (secondary N) is 2. The van der Waals surface area contributed by atoms with Gasteiger partial charge in [-0.15, -0.1) is 0 Å². The third-order valence-corrected chi connectivity index (χ3v) is 8.16. The second-order valence-corrected chi connectivity index (χ2v) is 11.3. The van der Waals surface area contributed by atoms with Crippen molar-refractivity contribution in [3.63, 3.8) is 0 Å². The van der Waals surface area contributed by atoms with Crippen LogP contribution in [0.2, 0.25) is 0 Å². The Bertz CT molecular complexity index is 875. The molecule has 1 aromatic carbocycles. The number of halogens is 1. The average Bonchev–Trinajstić information content (AvgIpc) is 2.69. The van der Waals surface area contributed by atoms with Crippen LogP contribution in [0.25, 0.3) is 0 Å². The van der Waals surface area contributed by atoms with Gasteiger partial charge in [-0.2, -0.15) is 0 Å². The van der Waals surface area contributed by atoms with Crippen molar-refractivity contribution >= 4 is 23.2 Å². The van der Waals surface area contributed by atoms with Crippen molar-refractivity contribution in [2.24, 2.45) is 23.2 Å². The topological polar surface area (TPSA) is 84.5 Å². The van der Waals surface area contributed by atoms with Crippen LogP contribution < -0.4 is 14.8 Å². The average molecular weight is 453 g/mol. The molecule has 6 nitrogen and oxygen atoms in total. The molecule has 31 heavy (non-hydrogen) atoms. The fourth-order valence-electron chi connectivity index (χ4n) is 5.31. The predicted octanol–water partition coefficient (Wildman–Crippen LogP) is 3.37. The molecule has 1 amide bonds. The summed E-state index contributed by atoms with van der Waals surface area (Å²) >= 11 is 0. The number of benzene rings is 1. The van der Waals surface area contributed by atoms with Crippen LogP contribution in [0, 0.1) is 29.0 Å². The number of methoxy groups -OCH3 is 1. The third-order valence-electron chi connectivity index (χ3n) is 6.78. The van der Waals surface area contributed by atoms with Gasteiger partial charge in [-0.3, -0.25) is 4.79 Å². The molecule has 0 spiro atoms. The molecule has 2 fully saturated rings. The quantitative estimate of drug-likeness (QED) is 0.622. The molecule has 0 saturated heterocycles. The van der Waals surface area contributed by atoms with E-state index < -0.39 is 22.3 Å². The van der Waals surface area contributed by atoms with Crippen molar-refractivity contribution in [2.45, 2.75) is 69.9 Å². The van der Waals surface area contributed by atoms with Gasteiger partial charge in [-0.05, 0) is 75.5 Å². The highest BCUT2D eigenvalue weighted by Gasteiger charge is 2.47. The number of hydrogen-bond donors (Lipinski definition) is 2. The van der Waals surface area contributed by atoms with Gasteiger partial charge in [-0.25, -0.2) is 13.3 Å². The Morgan fingerprint density at radius 1 is 1.32 bits per heavy atom. The number of fused-ring (bicyclic) bond motifs is 2. The first-order valence-electron chi connectivity index (χ1n) is 10.8. The second kappa shape index (κ2) is 8.98. The molecule has 2 bridgehead atoms. The first-order chi connectivity index (χ1) is 14.5. The van der Waals surface area contributed by atoms with Crippen LogP contribution in [0.1, 0.15) is 53.4 Å². The van der Waals surface area contributed by atoms with Crippen molar-refractivity contribution in [1.82, 2.24) is 10.0 Å². The predicted molar refractivity (Wildman–Crippen MR) is 117 cm³/mol. The number of ether oxygens (including phenoxy) is 1. The molecule has 2 aliphatic rings. The first-order valence-corrected chi connectivity index (χ1v) is 11.9. The molecule has 0 aliphatic heterocycles. The van der Waals surface area contributed by atoms with E-state index in [1.54, 1.807) is 13.8 Å². The Morgan fingerprint density at radius 3 is 2.65 bits per heavy atom. The van der Waals surface area contributed by atoms with Crippen molar-refractivity contribution in [3.05, 3.63) is 24.0 Å². The van der Waals surface area contributed by atoms with E-state index in [-0.39, 0.29) is 33.9 Å². The monoisotopic (exact) mass is 452 g/mol. The minimum atomic E-state index is -1.78. The molecular weight excluding hydrogens is 419 g/mol. The zero-order valence-corrected chi connectivity index (χ0v) is 19.7. The standard InChI is InChI=1S/C23H33FN2O4S/c1-14-8-15-9-16(12-23(4,11-15)13-27)20(14)25-21(28)22(2,3)26-31(29)17-6-7-19(30-5)18(24)10-17/h6-7,10,13-16,20,26H,8-9,11-12H2,1-5H3,(H,25,28). The van der Waals surface area contributed by atoms with Crippen molar-refractivity contribution in [1.29, 1.82) is 0 Å². The van der Waals surface area contributed by atoms with Crippen LogP contribution in [0.4, 0.5) is 4.39 Å². The maximum atomic E-state index is 14.0. The minimum Gasteiger partial charge on any atom is -0.494 e. The largest absolute Gasteiger partial charge is 0.494 e. The summed E-state index contributed by atoms with van der Waals surface area (Å²) in [7, 11) is -0.421. The molecule has 6 unspecified atom stereocenters. The van der Waals surface area contributed by atoms with Crippen molar-refractivity contribution < 1.29 is 22.9 Å². The van der Waals surface area contributed by atoms with Crippen molar-refractivity contribution in [2.75, 3.05) is 7.11 Å². The number of aldehydes is 1. The molecule has 2 N–H and O–H groups in total. The van der Waals surface area contributed by atoms with E-state index in [0.717, 1.165) is 38.0 Å². The van der Waals surface area contributed by atoms with Crippen LogP contribution in [0.3, 0.4) is 0 Å². The number of carbonyl (C=O) groups is 2. The molecule has 3 rings (SSSR count). The second-order valence-electron chi connectivity index (χ2n) is 10.0. The molecule has 1 aromatic rings. The lowest BCUT2D eigenvalue weighted by Crippen LogP contribution is -2.60. The van der Waals surface area contributed by atoms with Gasteiger partial charge < -0.3 is 14.8 Å². The van der Waals surface area contributed by atoms with Gasteiger partial charge in [-0.1, -0.05) is 13.8 Å². The molecule has 0 radical (unpaired) electrons. The lowest BCUT2D eigenvalue weighted by Gasteiger charge is -2.49. The lowest BCUT2D eigenvalue weighted by molar-refractivity contribution is -0.129. The number of rotatable bonds is 7. The first kappa shape index (κ1) is 23.9. The van der Waals surface area contributed by atoms with Gasteiger partial charge in [0, 0.05) is 11.5 Å². The van der Waals surface area contributed by atoms with E-state index in [4.69, 9.17) is 4.74 Å². The molecule has 172 valence electrons. The van der Waals surface area contributed by atoms with Crippen LogP contribution >= 0.6 is 0 Å². The highest BCUT2D eigenvalue weighted by atomic mass is 32.2. The maximum absolute atomic E-state index is 14.0. The molecule has 6 atom stereocenters. The van der Waals surface area contributed by atoms with Crippen molar-refractivity contribution in [3.8, 4) is 5.75 Å². The SMILES string of the molecule is COc1ccc(S(=O)NC(C)(C)C(=O)NC2C(C)CC3CC2CC(C)(C=O)C3)cc1F. The van der Waals surface area contributed by atoms with E-state index >= 15 is 0 Å². The normalized spacial score (nSPS) is 31.5. The number of carbonyl (C=O) groups excluding carboxylic acids is 2. The molecular formula is C23H33FN2O4S. The summed E-state index contributed by atoms with van der Waals surface area (Å²) in [6.45, 7) is 7.47. The Labute approximate surface area is 186 Å². The minimum absolute atomic E-state index is 0.0312. The van der Waals surface area contributed by atoms with Gasteiger partial charge in [0.15, 0.2) is 11.6 Å². The molecule has 0 aromatic heterocycles. The number of hydrogen-bond acceptors (Lipinski definition) is 4. The summed E-state index contributed by atoms with van der Waals surface area (Å²) in [6, 6.07) is 4.02. The lowest BCUT2D eigenvalue weighted by atomic mass is 9.58. The summed E-state index contributed by atoms with van der Waals surface area (Å²) in [5.74, 6) is 0.263. The third kappa shape index (κ3) is 5.17. The van der Waals surface area contributed by atoms with Gasteiger partial charge in [0.05, 0.1) is 12.0 Å². The van der Waals surface area contributed by atoms with E-state index in [2.05, 4.69) is 17.0 Å². The van der Waals surface area contributed by atoms with Crippen LogP contribution in [0.5, 0.6) is 5.75 Å². The Morgan fingerprint density at radius 2 is 2.03 bits per heavy atom. The Balaban J connectivity index is 1.69. The summed E-state index contributed by atoms with van der Waals surface area (Å²) in [6.07, 6.45) is 4.76. The van der Waals surface area contributed by atoms with E-state index in [1.807, 2.05) is 6.92 Å². The van der Waals surface area contributed by atoms with Gasteiger partial charge in [0.2, 0.25) is 5.91 Å². The van der Waals surface area contributed by atoms with E-state index in [9.17, 15) is 18.2 Å². The van der Waals surface area contributed by atoms with Crippen LogP contribution in [-0.2, 0) is 20.6 Å². The molecule has 8 heteroatoms. The molecule has 2 aliphatic carbocycles. The Kier molecular flexibility index (Phi) is 6.91. The van der Waals surface area contributed by atoms with Gasteiger partial charge >= 0.3 is 0 Å². The molecule has 2 saturated carbocycles. The van der Waals surface area contributed by atoms with Gasteiger partial charge in [0.25, 0.3) is 0 Å². The van der Waals surface area contributed by atoms with E-state index in [1.165, 1.54) is 19.2 Å². The summed E-state index contributed by atoms with van der Waals surface area (Å²) in [4.78, 5) is 25.0. The van der Waals surface area contributed by atoms with Crippen LogP contribution in [0.15, 0.2) is 23.1 Å². The fraction of sp³-hybridized carbons (Fsp3) is 0.652. The summed E-state index contributed by atoms with van der Waals surface area (Å²) in [5, 5.41) is 3.17. The summed E-state index contributed by atoms with van der Waals surface area (Å²) < 4.78 is 34.4. The highest BCUT2D eigenvalue weighted by molar-refractivity contribution is 7.83. The Hall–Kier alpha value is -1.80. The smallest absolute Gasteiger partial charge is 0.240 e.